The number of carbonyl (C=O) groups excluding carboxylic acids is 1. The van der Waals surface area contributed by atoms with Crippen molar-refractivity contribution < 1.29 is 9.90 Å². The van der Waals surface area contributed by atoms with Crippen molar-refractivity contribution >= 4 is 5.91 Å². The molecule has 1 aromatic carbocycles. The summed E-state index contributed by atoms with van der Waals surface area (Å²) >= 11 is 0. The monoisotopic (exact) mass is 311 g/mol. The maximum atomic E-state index is 12.8. The fraction of sp³-hybridized carbons (Fsp3) is 0.389. The number of amides is 1. The Kier molecular flexibility index (Phi) is 4.39. The van der Waals surface area contributed by atoms with Gasteiger partial charge in [-0.2, -0.15) is 0 Å². The number of aryl methyl sites for hydroxylation is 1. The fourth-order valence-corrected chi connectivity index (χ4v) is 3.08. The van der Waals surface area contributed by atoms with Crippen molar-refractivity contribution in [3.8, 4) is 0 Å². The first-order valence-electron chi connectivity index (χ1n) is 7.84. The predicted molar refractivity (Wildman–Crippen MR) is 87.1 cm³/mol. The first kappa shape index (κ1) is 15.6. The summed E-state index contributed by atoms with van der Waals surface area (Å²) in [6.07, 6.45) is 5.10. The summed E-state index contributed by atoms with van der Waals surface area (Å²) in [7, 11) is 0. The van der Waals surface area contributed by atoms with Crippen molar-refractivity contribution in [2.24, 2.45) is 5.92 Å². The molecule has 0 unspecified atom stereocenters. The minimum absolute atomic E-state index is 0.000709. The van der Waals surface area contributed by atoms with Crippen LogP contribution in [-0.2, 0) is 6.42 Å². The first-order chi connectivity index (χ1) is 11.1. The second-order valence-corrected chi connectivity index (χ2v) is 6.19. The summed E-state index contributed by atoms with van der Waals surface area (Å²) in [4.78, 5) is 22.8. The van der Waals surface area contributed by atoms with Gasteiger partial charge in [-0.25, -0.2) is 0 Å². The Bertz CT molecular complexity index is 703. The van der Waals surface area contributed by atoms with E-state index in [-0.39, 0.29) is 11.8 Å². The van der Waals surface area contributed by atoms with E-state index >= 15 is 0 Å². The van der Waals surface area contributed by atoms with Gasteiger partial charge in [0.2, 0.25) is 0 Å². The van der Waals surface area contributed by atoms with Gasteiger partial charge in [0.1, 0.15) is 0 Å². The Hall–Kier alpha value is -2.27. The average molecular weight is 311 g/mol. The van der Waals surface area contributed by atoms with Crippen molar-refractivity contribution in [3.05, 3.63) is 59.2 Å². The van der Waals surface area contributed by atoms with E-state index in [9.17, 15) is 9.90 Å². The number of hydrogen-bond acceptors (Lipinski definition) is 4. The van der Waals surface area contributed by atoms with Crippen molar-refractivity contribution in [2.75, 3.05) is 13.1 Å². The molecule has 1 fully saturated rings. The molecule has 0 saturated carbocycles. The zero-order valence-corrected chi connectivity index (χ0v) is 13.4. The summed E-state index contributed by atoms with van der Waals surface area (Å²) in [6.45, 7) is 4.88. The molecular weight excluding hydrogens is 290 g/mol. The topological polar surface area (TPSA) is 66.3 Å². The lowest BCUT2D eigenvalue weighted by Gasteiger charge is -2.18. The Morgan fingerprint density at radius 2 is 2.13 bits per heavy atom. The molecule has 1 aromatic heterocycles. The van der Waals surface area contributed by atoms with Crippen LogP contribution >= 0.6 is 0 Å². The van der Waals surface area contributed by atoms with Crippen LogP contribution in [0.3, 0.4) is 0 Å². The van der Waals surface area contributed by atoms with E-state index in [4.69, 9.17) is 0 Å². The third kappa shape index (κ3) is 3.24. The molecule has 1 saturated heterocycles. The third-order valence-corrected chi connectivity index (χ3v) is 4.62. The highest BCUT2D eigenvalue weighted by Gasteiger charge is 2.35. The molecule has 0 radical (unpaired) electrons. The van der Waals surface area contributed by atoms with Gasteiger partial charge in [0, 0.05) is 43.2 Å². The molecule has 1 aliphatic heterocycles. The molecular formula is C18H21N3O2. The molecule has 5 heteroatoms. The predicted octanol–water partition coefficient (Wildman–Crippen LogP) is 1.77. The highest BCUT2D eigenvalue weighted by Crippen LogP contribution is 2.24. The van der Waals surface area contributed by atoms with E-state index < -0.39 is 6.10 Å². The number of hydrogen-bond donors (Lipinski definition) is 1. The number of likely N-dealkylation sites (tertiary alicyclic amines) is 1. The van der Waals surface area contributed by atoms with Gasteiger partial charge in [-0.15, -0.1) is 0 Å². The van der Waals surface area contributed by atoms with Crippen LogP contribution in [0.5, 0.6) is 0 Å². The number of aromatic nitrogens is 2. The van der Waals surface area contributed by atoms with E-state index in [0.717, 1.165) is 22.4 Å². The number of rotatable bonds is 3. The molecule has 3 rings (SSSR count). The van der Waals surface area contributed by atoms with Gasteiger partial charge >= 0.3 is 0 Å². The van der Waals surface area contributed by atoms with Crippen LogP contribution in [0.2, 0.25) is 0 Å². The van der Waals surface area contributed by atoms with Crippen LogP contribution < -0.4 is 0 Å². The number of β-amino-alcohol motifs (C(OH)–C–C–N with tert-alkyl or cyclic N) is 1. The Morgan fingerprint density at radius 1 is 1.30 bits per heavy atom. The minimum Gasteiger partial charge on any atom is -0.391 e. The first-order valence-corrected chi connectivity index (χ1v) is 7.84. The van der Waals surface area contributed by atoms with Crippen LogP contribution in [0, 0.1) is 19.8 Å². The summed E-state index contributed by atoms with van der Waals surface area (Å²) in [5.41, 5.74) is 3.67. The molecule has 23 heavy (non-hydrogen) atoms. The van der Waals surface area contributed by atoms with Crippen LogP contribution in [0.25, 0.3) is 0 Å². The minimum atomic E-state index is -0.522. The number of nitrogens with zero attached hydrogens (tertiary/aromatic N) is 3. The lowest BCUT2D eigenvalue weighted by atomic mass is 10.0. The van der Waals surface area contributed by atoms with Crippen molar-refractivity contribution in [3.63, 3.8) is 0 Å². The largest absolute Gasteiger partial charge is 0.391 e. The molecule has 0 bridgehead atoms. The number of aliphatic hydroxyl groups is 1. The zero-order chi connectivity index (χ0) is 16.4. The van der Waals surface area contributed by atoms with Crippen molar-refractivity contribution in [2.45, 2.75) is 26.4 Å². The highest BCUT2D eigenvalue weighted by atomic mass is 16.3. The molecule has 2 atom stereocenters. The number of aliphatic hydroxyl groups excluding tert-OH is 1. The molecule has 120 valence electrons. The molecule has 2 aromatic rings. The van der Waals surface area contributed by atoms with Crippen LogP contribution in [-0.4, -0.2) is 45.1 Å². The Labute approximate surface area is 136 Å². The van der Waals surface area contributed by atoms with Gasteiger partial charge < -0.3 is 10.0 Å². The third-order valence-electron chi connectivity index (χ3n) is 4.62. The van der Waals surface area contributed by atoms with E-state index in [1.54, 1.807) is 23.5 Å². The molecule has 2 heterocycles. The summed E-state index contributed by atoms with van der Waals surface area (Å²) in [5, 5.41) is 10.3. The van der Waals surface area contributed by atoms with Crippen LogP contribution in [0.15, 0.2) is 36.8 Å². The lowest BCUT2D eigenvalue weighted by Crippen LogP contribution is -2.30. The summed E-state index contributed by atoms with van der Waals surface area (Å²) in [6, 6.07) is 5.76. The summed E-state index contributed by atoms with van der Waals surface area (Å²) < 4.78 is 0. The van der Waals surface area contributed by atoms with E-state index in [1.165, 1.54) is 0 Å². The van der Waals surface area contributed by atoms with Gasteiger partial charge in [0.25, 0.3) is 5.91 Å². The lowest BCUT2D eigenvalue weighted by molar-refractivity contribution is 0.0764. The Balaban J connectivity index is 1.73. The van der Waals surface area contributed by atoms with Crippen LogP contribution in [0.1, 0.15) is 27.2 Å². The van der Waals surface area contributed by atoms with Gasteiger partial charge in [-0.3, -0.25) is 14.8 Å². The smallest absolute Gasteiger partial charge is 0.254 e. The number of benzene rings is 1. The van der Waals surface area contributed by atoms with Gasteiger partial charge in [0.05, 0.1) is 11.8 Å². The average Bonchev–Trinajstić information content (AvgIpc) is 2.91. The van der Waals surface area contributed by atoms with E-state index in [0.29, 0.717) is 19.5 Å². The zero-order valence-electron chi connectivity index (χ0n) is 13.4. The van der Waals surface area contributed by atoms with E-state index in [1.807, 2.05) is 32.0 Å². The standard InChI is InChI=1S/C18H21N3O2/c1-12-4-3-5-16(13(12)2)18(23)21-10-14(17(22)11-21)8-15-9-19-6-7-20-15/h3-7,9,14,17,22H,8,10-11H2,1-2H3/t14-,17-/m1/s1. The van der Waals surface area contributed by atoms with Gasteiger partial charge in [-0.1, -0.05) is 12.1 Å². The van der Waals surface area contributed by atoms with Crippen LogP contribution in [0.4, 0.5) is 0 Å². The summed E-state index contributed by atoms with van der Waals surface area (Å²) in [5.74, 6) is -0.00680. The molecule has 0 aliphatic carbocycles. The SMILES string of the molecule is Cc1cccc(C(=O)N2C[C@@H](Cc3cnccn3)[C@H](O)C2)c1C. The van der Waals surface area contributed by atoms with Gasteiger partial charge in [-0.05, 0) is 37.5 Å². The van der Waals surface area contributed by atoms with Crippen molar-refractivity contribution in [1.29, 1.82) is 0 Å². The van der Waals surface area contributed by atoms with Gasteiger partial charge in [0.15, 0.2) is 0 Å². The fourth-order valence-electron chi connectivity index (χ4n) is 3.08. The maximum absolute atomic E-state index is 12.8. The molecule has 0 spiro atoms. The Morgan fingerprint density at radius 3 is 2.87 bits per heavy atom. The van der Waals surface area contributed by atoms with E-state index in [2.05, 4.69) is 9.97 Å². The molecule has 1 amide bonds. The normalized spacial score (nSPS) is 20.7. The molecule has 1 aliphatic rings. The highest BCUT2D eigenvalue weighted by molar-refractivity contribution is 5.96. The second kappa shape index (κ2) is 6.46. The maximum Gasteiger partial charge on any atom is 0.254 e. The second-order valence-electron chi connectivity index (χ2n) is 6.19. The molecule has 5 nitrogen and oxygen atoms in total. The molecule has 1 N–H and O–H groups in total. The van der Waals surface area contributed by atoms with Crippen molar-refractivity contribution in [1.82, 2.24) is 14.9 Å². The number of carbonyl (C=O) groups is 1. The quantitative estimate of drug-likeness (QED) is 0.938.